The first-order valence-electron chi connectivity index (χ1n) is 5.91. The lowest BCUT2D eigenvalue weighted by atomic mass is 9.82. The van der Waals surface area contributed by atoms with Crippen LogP contribution in [0.2, 0.25) is 0 Å². The molecule has 0 radical (unpaired) electrons. The maximum absolute atomic E-state index is 5.47. The van der Waals surface area contributed by atoms with E-state index in [4.69, 9.17) is 14.2 Å². The molecular formula is C13H20N2O3. The normalized spacial score (nSPS) is 17.6. The summed E-state index contributed by atoms with van der Waals surface area (Å²) < 4.78 is 16.1. The highest BCUT2D eigenvalue weighted by molar-refractivity contribution is 5.53. The Morgan fingerprint density at radius 1 is 0.889 bits per heavy atom. The van der Waals surface area contributed by atoms with E-state index in [1.54, 1.807) is 21.3 Å². The van der Waals surface area contributed by atoms with Crippen LogP contribution in [0.15, 0.2) is 12.1 Å². The molecule has 1 heterocycles. The van der Waals surface area contributed by atoms with Crippen molar-refractivity contribution >= 4 is 0 Å². The van der Waals surface area contributed by atoms with Crippen molar-refractivity contribution in [1.29, 1.82) is 0 Å². The molecule has 0 spiro atoms. The summed E-state index contributed by atoms with van der Waals surface area (Å²) >= 11 is 0. The fourth-order valence-electron chi connectivity index (χ4n) is 2.27. The monoisotopic (exact) mass is 252 g/mol. The first-order chi connectivity index (χ1) is 8.64. The van der Waals surface area contributed by atoms with Crippen molar-refractivity contribution in [2.75, 3.05) is 34.4 Å². The third-order valence-corrected chi connectivity index (χ3v) is 3.44. The number of rotatable bonds is 4. The largest absolute Gasteiger partial charge is 0.496 e. The van der Waals surface area contributed by atoms with Crippen LogP contribution in [0.4, 0.5) is 0 Å². The second kappa shape index (κ2) is 5.04. The highest BCUT2D eigenvalue weighted by Crippen LogP contribution is 2.40. The van der Waals surface area contributed by atoms with E-state index < -0.39 is 0 Å². The van der Waals surface area contributed by atoms with Crippen LogP contribution in [-0.4, -0.2) is 34.4 Å². The summed E-state index contributed by atoms with van der Waals surface area (Å²) in [5.74, 6) is 2.22. The van der Waals surface area contributed by atoms with Crippen molar-refractivity contribution in [3.63, 3.8) is 0 Å². The zero-order chi connectivity index (χ0) is 13.2. The van der Waals surface area contributed by atoms with E-state index in [9.17, 15) is 0 Å². The smallest absolute Gasteiger partial charge is 0.164 e. The average molecular weight is 252 g/mol. The van der Waals surface area contributed by atoms with E-state index >= 15 is 0 Å². The molecule has 5 heteroatoms. The number of nitrogens with one attached hydrogen (secondary N) is 2. The quantitative estimate of drug-likeness (QED) is 0.839. The van der Waals surface area contributed by atoms with Crippen molar-refractivity contribution in [2.24, 2.45) is 0 Å². The van der Waals surface area contributed by atoms with Gasteiger partial charge in [-0.3, -0.25) is 10.9 Å². The van der Waals surface area contributed by atoms with Gasteiger partial charge in [0.1, 0.15) is 5.75 Å². The first-order valence-corrected chi connectivity index (χ1v) is 5.91. The Bertz CT molecular complexity index is 428. The van der Waals surface area contributed by atoms with E-state index in [1.165, 1.54) is 0 Å². The lowest BCUT2D eigenvalue weighted by molar-refractivity contribution is 0.343. The molecule has 1 aliphatic rings. The van der Waals surface area contributed by atoms with Gasteiger partial charge in [-0.1, -0.05) is 6.92 Å². The van der Waals surface area contributed by atoms with Crippen molar-refractivity contribution in [1.82, 2.24) is 10.9 Å². The van der Waals surface area contributed by atoms with Crippen LogP contribution in [0.5, 0.6) is 17.2 Å². The molecule has 5 nitrogen and oxygen atoms in total. The van der Waals surface area contributed by atoms with Gasteiger partial charge in [0, 0.05) is 30.1 Å². The molecule has 1 saturated heterocycles. The van der Waals surface area contributed by atoms with Gasteiger partial charge in [-0.15, -0.1) is 0 Å². The zero-order valence-corrected chi connectivity index (χ0v) is 11.3. The van der Waals surface area contributed by atoms with Crippen molar-refractivity contribution in [3.8, 4) is 17.2 Å². The molecule has 0 bridgehead atoms. The van der Waals surface area contributed by atoms with Gasteiger partial charge in [-0.2, -0.15) is 0 Å². The highest BCUT2D eigenvalue weighted by atomic mass is 16.5. The second-order valence-electron chi connectivity index (χ2n) is 4.68. The third-order valence-electron chi connectivity index (χ3n) is 3.44. The van der Waals surface area contributed by atoms with Gasteiger partial charge < -0.3 is 14.2 Å². The topological polar surface area (TPSA) is 51.8 Å². The maximum Gasteiger partial charge on any atom is 0.164 e. The predicted octanol–water partition coefficient (Wildman–Crippen LogP) is 1.08. The summed E-state index contributed by atoms with van der Waals surface area (Å²) in [6.45, 7) is 3.88. The molecule has 0 unspecified atom stereocenters. The minimum absolute atomic E-state index is 0.0229. The average Bonchev–Trinajstić information content (AvgIpc) is 2.85. The Labute approximate surface area is 107 Å². The molecule has 1 aromatic carbocycles. The van der Waals surface area contributed by atoms with Gasteiger partial charge >= 0.3 is 0 Å². The lowest BCUT2D eigenvalue weighted by Crippen LogP contribution is -2.28. The molecule has 0 aliphatic carbocycles. The molecule has 18 heavy (non-hydrogen) atoms. The van der Waals surface area contributed by atoms with Gasteiger partial charge in [0.05, 0.1) is 21.3 Å². The molecule has 0 atom stereocenters. The van der Waals surface area contributed by atoms with Crippen LogP contribution in [0.3, 0.4) is 0 Å². The third kappa shape index (κ3) is 2.11. The van der Waals surface area contributed by atoms with Gasteiger partial charge in [-0.05, 0) is 6.07 Å². The van der Waals surface area contributed by atoms with Gasteiger partial charge in [0.2, 0.25) is 0 Å². The Morgan fingerprint density at radius 3 is 1.89 bits per heavy atom. The van der Waals surface area contributed by atoms with E-state index in [0.717, 1.165) is 30.2 Å². The number of hydrogen-bond acceptors (Lipinski definition) is 5. The van der Waals surface area contributed by atoms with Crippen molar-refractivity contribution in [2.45, 2.75) is 12.3 Å². The zero-order valence-electron chi connectivity index (χ0n) is 11.3. The molecule has 2 N–H and O–H groups in total. The standard InChI is InChI=1S/C13H20N2O3/c1-13(7-14-15-8-13)9-5-11(17-3)12(18-4)6-10(9)16-2/h5-6,14-15H,7-8H2,1-4H3. The fraction of sp³-hybridized carbons (Fsp3) is 0.538. The molecule has 0 amide bonds. The Morgan fingerprint density at radius 2 is 1.39 bits per heavy atom. The van der Waals surface area contributed by atoms with Gasteiger partial charge in [0.25, 0.3) is 0 Å². The summed E-state index contributed by atoms with van der Waals surface area (Å²) in [6, 6.07) is 3.87. The number of hydrogen-bond donors (Lipinski definition) is 2. The van der Waals surface area contributed by atoms with E-state index in [1.807, 2.05) is 12.1 Å². The Hall–Kier alpha value is -1.46. The predicted molar refractivity (Wildman–Crippen MR) is 69.5 cm³/mol. The molecule has 1 aromatic rings. The van der Waals surface area contributed by atoms with Crippen LogP contribution < -0.4 is 25.1 Å². The lowest BCUT2D eigenvalue weighted by Gasteiger charge is -2.26. The van der Waals surface area contributed by atoms with Crippen molar-refractivity contribution < 1.29 is 14.2 Å². The minimum Gasteiger partial charge on any atom is -0.496 e. The number of methoxy groups -OCH3 is 3. The summed E-state index contributed by atoms with van der Waals surface area (Å²) in [7, 11) is 4.93. The first kappa shape index (κ1) is 13.0. The van der Waals surface area contributed by atoms with Gasteiger partial charge in [0.15, 0.2) is 11.5 Å². The van der Waals surface area contributed by atoms with Crippen LogP contribution in [0, 0.1) is 0 Å². The molecule has 100 valence electrons. The Kier molecular flexibility index (Phi) is 3.63. The number of hydrazine groups is 1. The molecule has 2 rings (SSSR count). The Balaban J connectivity index is 2.51. The second-order valence-corrected chi connectivity index (χ2v) is 4.68. The number of benzene rings is 1. The van der Waals surface area contributed by atoms with E-state index in [-0.39, 0.29) is 5.41 Å². The molecular weight excluding hydrogens is 232 g/mol. The van der Waals surface area contributed by atoms with E-state index in [0.29, 0.717) is 5.75 Å². The number of ether oxygens (including phenoxy) is 3. The minimum atomic E-state index is -0.0229. The van der Waals surface area contributed by atoms with Crippen LogP contribution in [-0.2, 0) is 5.41 Å². The van der Waals surface area contributed by atoms with Crippen LogP contribution in [0.25, 0.3) is 0 Å². The molecule has 1 aliphatic heterocycles. The van der Waals surface area contributed by atoms with Crippen LogP contribution >= 0.6 is 0 Å². The molecule has 0 saturated carbocycles. The highest BCUT2D eigenvalue weighted by Gasteiger charge is 2.34. The van der Waals surface area contributed by atoms with Crippen molar-refractivity contribution in [3.05, 3.63) is 17.7 Å². The van der Waals surface area contributed by atoms with Gasteiger partial charge in [-0.25, -0.2) is 0 Å². The molecule has 0 aromatic heterocycles. The summed E-state index contributed by atoms with van der Waals surface area (Å²) in [6.07, 6.45) is 0. The molecule has 1 fully saturated rings. The van der Waals surface area contributed by atoms with E-state index in [2.05, 4.69) is 17.8 Å². The fourth-order valence-corrected chi connectivity index (χ4v) is 2.27. The maximum atomic E-state index is 5.47. The summed E-state index contributed by atoms with van der Waals surface area (Å²) in [4.78, 5) is 0. The van der Waals surface area contributed by atoms with Crippen LogP contribution in [0.1, 0.15) is 12.5 Å². The SMILES string of the molecule is COc1cc(OC)c(C2(C)CNNC2)cc1OC. The summed E-state index contributed by atoms with van der Waals surface area (Å²) in [5.41, 5.74) is 7.39. The summed E-state index contributed by atoms with van der Waals surface area (Å²) in [5, 5.41) is 0.